The van der Waals surface area contributed by atoms with Gasteiger partial charge in [0.15, 0.2) is 0 Å². The van der Waals surface area contributed by atoms with Crippen molar-refractivity contribution in [1.29, 1.82) is 0 Å². The van der Waals surface area contributed by atoms with E-state index in [0.29, 0.717) is 24.3 Å². The molecule has 0 aromatic carbocycles. The number of fused-ring (bicyclic) bond motifs is 2. The van der Waals surface area contributed by atoms with E-state index in [-0.39, 0.29) is 0 Å². The summed E-state index contributed by atoms with van der Waals surface area (Å²) in [7, 11) is -0.537. The van der Waals surface area contributed by atoms with Crippen LogP contribution in [-0.4, -0.2) is 40.0 Å². The fourth-order valence-corrected chi connectivity index (χ4v) is 4.38. The van der Waals surface area contributed by atoms with Gasteiger partial charge in [-0.2, -0.15) is 0 Å². The first-order chi connectivity index (χ1) is 7.31. The van der Waals surface area contributed by atoms with Gasteiger partial charge in [0.1, 0.15) is 0 Å². The van der Waals surface area contributed by atoms with E-state index in [4.69, 9.17) is 4.74 Å². The maximum absolute atomic E-state index is 11.2. The Hall–Kier alpha value is 0.0700. The maximum atomic E-state index is 11.2. The number of nitrogens with one attached hydrogen (secondary N) is 1. The topological polar surface area (TPSA) is 38.3 Å². The summed E-state index contributed by atoms with van der Waals surface area (Å²) >= 11 is 0. The normalized spacial score (nSPS) is 49.7. The molecule has 3 nitrogen and oxygen atoms in total. The van der Waals surface area contributed by atoms with Crippen molar-refractivity contribution < 1.29 is 8.95 Å². The molecule has 3 aliphatic rings. The molecule has 3 aliphatic heterocycles. The Labute approximate surface area is 93.4 Å². The van der Waals surface area contributed by atoms with Crippen LogP contribution in [0.5, 0.6) is 0 Å². The smallest absolute Gasteiger partial charge is 0.0733 e. The third-order valence-corrected chi connectivity index (χ3v) is 5.33. The summed E-state index contributed by atoms with van der Waals surface area (Å²) in [6.07, 6.45) is 6.87. The molecule has 0 aromatic rings. The molecule has 4 heteroatoms. The average Bonchev–Trinajstić information content (AvgIpc) is 2.83. The van der Waals surface area contributed by atoms with Crippen molar-refractivity contribution in [2.45, 2.75) is 56.4 Å². The summed E-state index contributed by atoms with van der Waals surface area (Å²) < 4.78 is 17.1. The minimum absolute atomic E-state index is 0.474. The summed E-state index contributed by atoms with van der Waals surface area (Å²) in [5.41, 5.74) is 0. The van der Waals surface area contributed by atoms with E-state index in [0.717, 1.165) is 24.3 Å². The van der Waals surface area contributed by atoms with Crippen LogP contribution in [0.3, 0.4) is 0 Å². The molecule has 0 radical (unpaired) electrons. The highest BCUT2D eigenvalue weighted by Gasteiger charge is 2.41. The van der Waals surface area contributed by atoms with Gasteiger partial charge in [0, 0.05) is 34.4 Å². The molecule has 2 bridgehead atoms. The molecular weight excluding hydrogens is 210 g/mol. The van der Waals surface area contributed by atoms with Gasteiger partial charge in [0.2, 0.25) is 0 Å². The Kier molecular flexibility index (Phi) is 2.83. The van der Waals surface area contributed by atoms with Crippen LogP contribution >= 0.6 is 0 Å². The lowest BCUT2D eigenvalue weighted by Crippen LogP contribution is -2.46. The lowest BCUT2D eigenvalue weighted by Gasteiger charge is -2.29. The second-order valence-corrected chi connectivity index (χ2v) is 6.70. The van der Waals surface area contributed by atoms with Gasteiger partial charge in [-0.15, -0.1) is 0 Å². The first-order valence-electron chi connectivity index (χ1n) is 6.08. The van der Waals surface area contributed by atoms with Gasteiger partial charge in [-0.05, 0) is 32.1 Å². The van der Waals surface area contributed by atoms with Crippen molar-refractivity contribution in [2.24, 2.45) is 0 Å². The van der Waals surface area contributed by atoms with Gasteiger partial charge < -0.3 is 10.1 Å². The zero-order valence-corrected chi connectivity index (χ0v) is 9.80. The van der Waals surface area contributed by atoms with Crippen molar-refractivity contribution in [3.8, 4) is 0 Å². The van der Waals surface area contributed by atoms with Crippen LogP contribution in [-0.2, 0) is 15.5 Å². The number of rotatable bonds is 2. The highest BCUT2D eigenvalue weighted by atomic mass is 32.2. The van der Waals surface area contributed by atoms with Crippen molar-refractivity contribution in [2.75, 3.05) is 11.5 Å². The monoisotopic (exact) mass is 229 g/mol. The Morgan fingerprint density at radius 1 is 1.13 bits per heavy atom. The third-order valence-electron chi connectivity index (χ3n) is 3.94. The van der Waals surface area contributed by atoms with Gasteiger partial charge in [-0.25, -0.2) is 0 Å². The van der Waals surface area contributed by atoms with Crippen LogP contribution in [0.15, 0.2) is 0 Å². The Balaban J connectivity index is 1.51. The largest absolute Gasteiger partial charge is 0.373 e. The van der Waals surface area contributed by atoms with Crippen LogP contribution in [0, 0.1) is 0 Å². The van der Waals surface area contributed by atoms with Crippen LogP contribution < -0.4 is 5.32 Å². The van der Waals surface area contributed by atoms with Crippen LogP contribution in [0.2, 0.25) is 0 Å². The van der Waals surface area contributed by atoms with Gasteiger partial charge in [0.25, 0.3) is 0 Å². The Bertz CT molecular complexity index is 261. The summed E-state index contributed by atoms with van der Waals surface area (Å²) in [4.78, 5) is 0. The number of hydrogen-bond donors (Lipinski definition) is 1. The predicted octanol–water partition coefficient (Wildman–Crippen LogP) is 0.807. The second-order valence-electron chi connectivity index (χ2n) is 5.01. The van der Waals surface area contributed by atoms with Gasteiger partial charge in [-0.1, -0.05) is 0 Å². The van der Waals surface area contributed by atoms with Crippen molar-refractivity contribution >= 4 is 10.8 Å². The molecule has 3 rings (SSSR count). The lowest BCUT2D eigenvalue weighted by molar-refractivity contribution is 0.0958. The van der Waals surface area contributed by atoms with Crippen LogP contribution in [0.25, 0.3) is 0 Å². The molecular formula is C11H19NO2S. The first kappa shape index (κ1) is 10.2. The van der Waals surface area contributed by atoms with E-state index in [1.165, 1.54) is 19.3 Å². The van der Waals surface area contributed by atoms with E-state index in [2.05, 4.69) is 5.32 Å². The molecule has 86 valence electrons. The standard InChI is InChI=1S/C11H19NO2S/c13-15-5-3-8(4-6-15)12-10-7-9-1-2-11(10)14-9/h8-12H,1-7H2. The van der Waals surface area contributed by atoms with Crippen LogP contribution in [0.1, 0.15) is 32.1 Å². The summed E-state index contributed by atoms with van der Waals surface area (Å²) in [6, 6.07) is 1.18. The van der Waals surface area contributed by atoms with E-state index < -0.39 is 10.8 Å². The third kappa shape index (κ3) is 2.12. The fraction of sp³-hybridized carbons (Fsp3) is 1.00. The van der Waals surface area contributed by atoms with E-state index >= 15 is 0 Å². The lowest BCUT2D eigenvalue weighted by atomic mass is 9.94. The molecule has 0 aromatic heterocycles. The fourth-order valence-electron chi connectivity index (χ4n) is 3.08. The zero-order valence-electron chi connectivity index (χ0n) is 8.98. The molecule has 0 amide bonds. The first-order valence-corrected chi connectivity index (χ1v) is 7.56. The van der Waals surface area contributed by atoms with Gasteiger partial charge >= 0.3 is 0 Å². The number of hydrogen-bond acceptors (Lipinski definition) is 3. The maximum Gasteiger partial charge on any atom is 0.0733 e. The SMILES string of the molecule is O=S1CCC(NC2CC3CCC2O3)CC1. The zero-order chi connectivity index (χ0) is 10.3. The minimum atomic E-state index is -0.537. The number of ether oxygens (including phenoxy) is 1. The van der Waals surface area contributed by atoms with Crippen molar-refractivity contribution in [1.82, 2.24) is 5.32 Å². The molecule has 3 fully saturated rings. The van der Waals surface area contributed by atoms with Crippen LogP contribution in [0.4, 0.5) is 0 Å². The highest BCUT2D eigenvalue weighted by molar-refractivity contribution is 7.85. The predicted molar refractivity (Wildman–Crippen MR) is 60.3 cm³/mol. The van der Waals surface area contributed by atoms with E-state index in [9.17, 15) is 4.21 Å². The summed E-state index contributed by atoms with van der Waals surface area (Å²) in [6.45, 7) is 0. The molecule has 1 N–H and O–H groups in total. The van der Waals surface area contributed by atoms with E-state index in [1.54, 1.807) is 0 Å². The Morgan fingerprint density at radius 3 is 2.53 bits per heavy atom. The minimum Gasteiger partial charge on any atom is -0.373 e. The molecule has 15 heavy (non-hydrogen) atoms. The molecule has 3 heterocycles. The molecule has 3 unspecified atom stereocenters. The average molecular weight is 229 g/mol. The molecule has 3 atom stereocenters. The molecule has 0 saturated carbocycles. The molecule has 0 aliphatic carbocycles. The van der Waals surface area contributed by atoms with Gasteiger partial charge in [-0.3, -0.25) is 4.21 Å². The quantitative estimate of drug-likeness (QED) is 0.761. The van der Waals surface area contributed by atoms with E-state index in [1.807, 2.05) is 0 Å². The highest BCUT2D eigenvalue weighted by Crippen LogP contribution is 2.34. The second kappa shape index (κ2) is 4.15. The molecule has 0 spiro atoms. The van der Waals surface area contributed by atoms with Gasteiger partial charge in [0.05, 0.1) is 12.2 Å². The molecule has 3 saturated heterocycles. The Morgan fingerprint density at radius 2 is 1.93 bits per heavy atom. The summed E-state index contributed by atoms with van der Waals surface area (Å²) in [5, 5.41) is 3.71. The summed E-state index contributed by atoms with van der Waals surface area (Å²) in [5.74, 6) is 1.78. The van der Waals surface area contributed by atoms with Crippen molar-refractivity contribution in [3.05, 3.63) is 0 Å². The van der Waals surface area contributed by atoms with Crippen molar-refractivity contribution in [3.63, 3.8) is 0 Å².